The van der Waals surface area contributed by atoms with E-state index < -0.39 is 0 Å². The lowest BCUT2D eigenvalue weighted by molar-refractivity contribution is 0.0953. The Kier molecular flexibility index (Phi) is 6.44. The number of amides is 1. The van der Waals surface area contributed by atoms with Gasteiger partial charge in [0.25, 0.3) is 5.91 Å². The second kappa shape index (κ2) is 7.65. The van der Waals surface area contributed by atoms with Crippen LogP contribution >= 0.6 is 23.1 Å². The molecule has 16 heavy (non-hydrogen) atoms. The predicted octanol–water partition coefficient (Wildman–Crippen LogP) is 2.17. The second-order valence-electron chi connectivity index (χ2n) is 3.38. The third-order valence-electron chi connectivity index (χ3n) is 2.02. The third-order valence-corrected chi connectivity index (χ3v) is 3.99. The molecule has 1 heterocycles. The van der Waals surface area contributed by atoms with Crippen molar-refractivity contribution in [2.75, 3.05) is 5.75 Å². The van der Waals surface area contributed by atoms with Gasteiger partial charge in [0.15, 0.2) is 5.01 Å². The Morgan fingerprint density at radius 1 is 1.62 bits per heavy atom. The summed E-state index contributed by atoms with van der Waals surface area (Å²) in [7, 11) is 0. The molecule has 1 aromatic heterocycles. The van der Waals surface area contributed by atoms with Gasteiger partial charge in [0.05, 0.1) is 5.69 Å². The fourth-order valence-electron chi connectivity index (χ4n) is 1.17. The molecule has 0 saturated carbocycles. The Hall–Kier alpha value is -0.590. The molecule has 0 unspecified atom stereocenters. The largest absolute Gasteiger partial charge is 0.294 e. The van der Waals surface area contributed by atoms with E-state index in [2.05, 4.69) is 17.3 Å². The van der Waals surface area contributed by atoms with Gasteiger partial charge < -0.3 is 0 Å². The van der Waals surface area contributed by atoms with Crippen LogP contribution in [0.25, 0.3) is 0 Å². The van der Waals surface area contributed by atoms with Gasteiger partial charge in [0.2, 0.25) is 0 Å². The summed E-state index contributed by atoms with van der Waals surface area (Å²) in [5, 5.41) is 2.35. The average Bonchev–Trinajstić information content (AvgIpc) is 2.76. The van der Waals surface area contributed by atoms with Crippen LogP contribution in [0, 0.1) is 0 Å². The quantitative estimate of drug-likeness (QED) is 0.341. The molecule has 0 spiro atoms. The molecule has 0 aromatic carbocycles. The number of rotatable bonds is 7. The van der Waals surface area contributed by atoms with Crippen LogP contribution in [0.3, 0.4) is 0 Å². The lowest BCUT2D eigenvalue weighted by Gasteiger charge is -1.97. The molecular weight excluding hydrogens is 242 g/mol. The van der Waals surface area contributed by atoms with Gasteiger partial charge in [-0.2, -0.15) is 11.8 Å². The summed E-state index contributed by atoms with van der Waals surface area (Å²) in [5.74, 6) is 6.75. The van der Waals surface area contributed by atoms with Crippen molar-refractivity contribution in [2.45, 2.75) is 31.9 Å². The Morgan fingerprint density at radius 2 is 2.44 bits per heavy atom. The van der Waals surface area contributed by atoms with E-state index in [-0.39, 0.29) is 5.91 Å². The normalized spacial score (nSPS) is 10.4. The summed E-state index contributed by atoms with van der Waals surface area (Å²) in [6.07, 6.45) is 3.78. The van der Waals surface area contributed by atoms with Crippen molar-refractivity contribution < 1.29 is 4.79 Å². The summed E-state index contributed by atoms with van der Waals surface area (Å²) >= 11 is 3.19. The summed E-state index contributed by atoms with van der Waals surface area (Å²) in [4.78, 5) is 15.4. The van der Waals surface area contributed by atoms with Crippen LogP contribution in [0.4, 0.5) is 0 Å². The maximum Gasteiger partial charge on any atom is 0.294 e. The van der Waals surface area contributed by atoms with E-state index in [0.717, 1.165) is 17.2 Å². The number of unbranched alkanes of at least 4 members (excludes halogenated alkanes) is 2. The summed E-state index contributed by atoms with van der Waals surface area (Å²) in [6, 6.07) is 0. The highest BCUT2D eigenvalue weighted by molar-refractivity contribution is 7.98. The van der Waals surface area contributed by atoms with Crippen molar-refractivity contribution >= 4 is 29.0 Å². The van der Waals surface area contributed by atoms with Gasteiger partial charge in [-0.25, -0.2) is 10.8 Å². The number of nitrogens with two attached hydrogens (primary N) is 1. The number of nitrogens with zero attached hydrogens (tertiary/aromatic N) is 1. The molecule has 4 nitrogen and oxygen atoms in total. The van der Waals surface area contributed by atoms with Gasteiger partial charge in [-0.15, -0.1) is 11.3 Å². The number of nitrogen functional groups attached to an aromatic ring is 1. The van der Waals surface area contributed by atoms with E-state index >= 15 is 0 Å². The van der Waals surface area contributed by atoms with Crippen molar-refractivity contribution in [1.29, 1.82) is 0 Å². The fraction of sp³-hybridized carbons (Fsp3) is 0.600. The molecule has 1 rings (SSSR count). The monoisotopic (exact) mass is 259 g/mol. The van der Waals surface area contributed by atoms with Gasteiger partial charge >= 0.3 is 0 Å². The zero-order chi connectivity index (χ0) is 11.8. The number of carbonyl (C=O) groups excluding carboxylic acids is 1. The van der Waals surface area contributed by atoms with Crippen LogP contribution in [0.15, 0.2) is 5.38 Å². The number of hydrazine groups is 1. The predicted molar refractivity (Wildman–Crippen MR) is 69.5 cm³/mol. The molecule has 6 heteroatoms. The Labute approximate surface area is 104 Å². The third kappa shape index (κ3) is 4.51. The number of aromatic nitrogens is 1. The van der Waals surface area contributed by atoms with Crippen LogP contribution in [0.1, 0.15) is 41.7 Å². The topological polar surface area (TPSA) is 68.0 Å². The van der Waals surface area contributed by atoms with E-state index in [1.54, 1.807) is 0 Å². The zero-order valence-corrected chi connectivity index (χ0v) is 11.0. The molecule has 0 aliphatic rings. The molecule has 0 fully saturated rings. The minimum atomic E-state index is -0.313. The van der Waals surface area contributed by atoms with Crippen molar-refractivity contribution in [3.63, 3.8) is 0 Å². The Bertz CT molecular complexity index is 328. The smallest absolute Gasteiger partial charge is 0.288 e. The molecule has 1 amide bonds. The molecule has 90 valence electrons. The number of nitrogens with one attached hydrogen (secondary N) is 1. The molecular formula is C10H17N3OS2. The van der Waals surface area contributed by atoms with Gasteiger partial charge in [0, 0.05) is 11.1 Å². The van der Waals surface area contributed by atoms with Crippen molar-refractivity contribution in [3.8, 4) is 0 Å². The molecule has 0 aliphatic heterocycles. The average molecular weight is 259 g/mol. The first-order valence-electron chi connectivity index (χ1n) is 5.31. The molecule has 0 radical (unpaired) electrons. The Balaban J connectivity index is 2.27. The minimum Gasteiger partial charge on any atom is -0.288 e. The number of thioether (sulfide) groups is 1. The first-order valence-corrected chi connectivity index (χ1v) is 7.34. The SMILES string of the molecule is CCCCCSCc1csc(C(=O)NN)n1. The highest BCUT2D eigenvalue weighted by atomic mass is 32.2. The molecule has 3 N–H and O–H groups in total. The van der Waals surface area contributed by atoms with Crippen LogP contribution < -0.4 is 11.3 Å². The van der Waals surface area contributed by atoms with Crippen LogP contribution in [-0.2, 0) is 5.75 Å². The first kappa shape index (κ1) is 13.5. The maximum atomic E-state index is 11.1. The molecule has 1 aromatic rings. The van der Waals surface area contributed by atoms with Crippen molar-refractivity contribution in [3.05, 3.63) is 16.1 Å². The first-order chi connectivity index (χ1) is 7.77. The highest BCUT2D eigenvalue weighted by Crippen LogP contribution is 2.17. The summed E-state index contributed by atoms with van der Waals surface area (Å²) < 4.78 is 0. The lowest BCUT2D eigenvalue weighted by atomic mass is 10.3. The van der Waals surface area contributed by atoms with Crippen LogP contribution in [0.5, 0.6) is 0 Å². The standard InChI is InChI=1S/C10H17N3OS2/c1-2-3-4-5-15-6-8-7-16-10(12-8)9(14)13-11/h7H,2-6,11H2,1H3,(H,13,14). The van der Waals surface area contributed by atoms with Crippen LogP contribution in [0.2, 0.25) is 0 Å². The molecule has 0 saturated heterocycles. The van der Waals surface area contributed by atoms with E-state index in [1.807, 2.05) is 17.1 Å². The molecule has 0 atom stereocenters. The number of hydrogen-bond acceptors (Lipinski definition) is 5. The van der Waals surface area contributed by atoms with Gasteiger partial charge in [-0.3, -0.25) is 10.2 Å². The highest BCUT2D eigenvalue weighted by Gasteiger charge is 2.08. The lowest BCUT2D eigenvalue weighted by Crippen LogP contribution is -2.29. The van der Waals surface area contributed by atoms with Crippen molar-refractivity contribution in [1.82, 2.24) is 10.4 Å². The molecule has 0 bridgehead atoms. The van der Waals surface area contributed by atoms with E-state index in [9.17, 15) is 4.79 Å². The van der Waals surface area contributed by atoms with E-state index in [4.69, 9.17) is 5.84 Å². The van der Waals surface area contributed by atoms with E-state index in [0.29, 0.717) is 5.01 Å². The number of thiazole rings is 1. The summed E-state index contributed by atoms with van der Waals surface area (Å²) in [5.41, 5.74) is 3.04. The molecule has 0 aliphatic carbocycles. The Morgan fingerprint density at radius 3 is 3.12 bits per heavy atom. The van der Waals surface area contributed by atoms with Gasteiger partial charge in [0.1, 0.15) is 0 Å². The second-order valence-corrected chi connectivity index (χ2v) is 5.34. The van der Waals surface area contributed by atoms with Crippen molar-refractivity contribution in [2.24, 2.45) is 5.84 Å². The van der Waals surface area contributed by atoms with Gasteiger partial charge in [-0.05, 0) is 12.2 Å². The van der Waals surface area contributed by atoms with E-state index in [1.165, 1.54) is 30.6 Å². The fourth-order valence-corrected chi connectivity index (χ4v) is 2.90. The zero-order valence-electron chi connectivity index (χ0n) is 9.36. The number of carbonyl (C=O) groups is 1. The maximum absolute atomic E-state index is 11.1. The summed E-state index contributed by atoms with van der Waals surface area (Å²) in [6.45, 7) is 2.20. The number of hydrogen-bond donors (Lipinski definition) is 2. The van der Waals surface area contributed by atoms with Gasteiger partial charge in [-0.1, -0.05) is 19.8 Å². The minimum absolute atomic E-state index is 0.313. The van der Waals surface area contributed by atoms with Crippen LogP contribution in [-0.4, -0.2) is 16.6 Å².